The Morgan fingerprint density at radius 2 is 1.81 bits per heavy atom. The number of nitrogens with one attached hydrogen (secondary N) is 2. The summed E-state index contributed by atoms with van der Waals surface area (Å²) in [5, 5.41) is 8.08. The van der Waals surface area contributed by atoms with Gasteiger partial charge >= 0.3 is 0 Å². The van der Waals surface area contributed by atoms with Crippen molar-refractivity contribution in [1.82, 2.24) is 15.3 Å². The highest BCUT2D eigenvalue weighted by atomic mass is 16.2. The van der Waals surface area contributed by atoms with Crippen LogP contribution >= 0.6 is 0 Å². The Morgan fingerprint density at radius 1 is 1.10 bits per heavy atom. The van der Waals surface area contributed by atoms with E-state index in [1.807, 2.05) is 57.3 Å². The number of hydrogen-bond donors (Lipinski definition) is 2. The topological polar surface area (TPSA) is 75.5 Å². The van der Waals surface area contributed by atoms with Crippen LogP contribution in [0.2, 0.25) is 0 Å². The van der Waals surface area contributed by atoms with Gasteiger partial charge in [0.1, 0.15) is 6.04 Å². The van der Waals surface area contributed by atoms with E-state index in [4.69, 9.17) is 0 Å². The van der Waals surface area contributed by atoms with Gasteiger partial charge in [-0.05, 0) is 37.5 Å². The van der Waals surface area contributed by atoms with Crippen LogP contribution in [-0.4, -0.2) is 28.6 Å². The molecule has 31 heavy (non-hydrogen) atoms. The maximum atomic E-state index is 12.7. The van der Waals surface area contributed by atoms with Gasteiger partial charge in [0.05, 0.1) is 6.21 Å². The zero-order valence-corrected chi connectivity index (χ0v) is 18.6. The number of aryl methyl sites for hydroxylation is 2. The Hall–Kier alpha value is -3.41. The van der Waals surface area contributed by atoms with Crippen LogP contribution < -0.4 is 10.7 Å². The van der Waals surface area contributed by atoms with Crippen molar-refractivity contribution in [3.05, 3.63) is 71.4 Å². The monoisotopic (exact) mass is 418 g/mol. The quantitative estimate of drug-likeness (QED) is 0.424. The van der Waals surface area contributed by atoms with Gasteiger partial charge in [-0.25, -0.2) is 5.43 Å². The van der Waals surface area contributed by atoms with E-state index in [1.54, 1.807) is 18.3 Å². The molecule has 0 aliphatic heterocycles. The van der Waals surface area contributed by atoms with Crippen LogP contribution in [0.4, 0.5) is 0 Å². The van der Waals surface area contributed by atoms with Gasteiger partial charge in [-0.2, -0.15) is 5.10 Å². The number of hydrogen-bond acceptors (Lipinski definition) is 3. The zero-order chi connectivity index (χ0) is 22.4. The van der Waals surface area contributed by atoms with E-state index in [1.165, 1.54) is 0 Å². The smallest absolute Gasteiger partial charge is 0.262 e. The minimum absolute atomic E-state index is 0.0870. The van der Waals surface area contributed by atoms with E-state index in [0.29, 0.717) is 5.56 Å². The molecule has 162 valence electrons. The van der Waals surface area contributed by atoms with Crippen LogP contribution in [0.25, 0.3) is 10.9 Å². The molecule has 0 fully saturated rings. The molecule has 2 amide bonds. The molecule has 2 N–H and O–H groups in total. The average Bonchev–Trinajstić information content (AvgIpc) is 3.10. The Labute approximate surface area is 183 Å². The molecule has 6 nitrogen and oxygen atoms in total. The maximum Gasteiger partial charge on any atom is 0.262 e. The number of fused-ring (bicyclic) bond motifs is 1. The largest absolute Gasteiger partial charge is 0.347 e. The lowest BCUT2D eigenvalue weighted by Crippen LogP contribution is -2.48. The summed E-state index contributed by atoms with van der Waals surface area (Å²) in [6.07, 6.45) is 4.73. The molecule has 0 saturated heterocycles. The molecular formula is C25H30N4O2. The van der Waals surface area contributed by atoms with E-state index in [-0.39, 0.29) is 17.7 Å². The fraction of sp³-hybridized carbons (Fsp3) is 0.320. The first-order chi connectivity index (χ1) is 14.9. The normalized spacial score (nSPS) is 12.4. The molecule has 6 heteroatoms. The minimum Gasteiger partial charge on any atom is -0.347 e. The summed E-state index contributed by atoms with van der Waals surface area (Å²) < 4.78 is 2.19. The van der Waals surface area contributed by atoms with Crippen molar-refractivity contribution in [3.63, 3.8) is 0 Å². The van der Waals surface area contributed by atoms with E-state index in [9.17, 15) is 9.59 Å². The van der Waals surface area contributed by atoms with Gasteiger partial charge < -0.3 is 9.88 Å². The van der Waals surface area contributed by atoms with Crippen LogP contribution in [0, 0.1) is 12.8 Å². The lowest BCUT2D eigenvalue weighted by molar-refractivity contribution is -0.123. The van der Waals surface area contributed by atoms with Crippen molar-refractivity contribution in [2.75, 3.05) is 0 Å². The second-order valence-electron chi connectivity index (χ2n) is 8.09. The Kier molecular flexibility index (Phi) is 7.23. The molecule has 1 unspecified atom stereocenters. The third kappa shape index (κ3) is 5.40. The molecule has 0 saturated carbocycles. The van der Waals surface area contributed by atoms with Crippen molar-refractivity contribution < 1.29 is 9.59 Å². The number of amides is 2. The molecule has 1 aromatic heterocycles. The van der Waals surface area contributed by atoms with E-state index < -0.39 is 6.04 Å². The number of nitrogens with zero attached hydrogens (tertiary/aromatic N) is 2. The van der Waals surface area contributed by atoms with Crippen LogP contribution in [0.5, 0.6) is 0 Å². The van der Waals surface area contributed by atoms with Gasteiger partial charge in [-0.15, -0.1) is 0 Å². The highest BCUT2D eigenvalue weighted by Gasteiger charge is 2.24. The fourth-order valence-electron chi connectivity index (χ4n) is 3.50. The van der Waals surface area contributed by atoms with E-state index >= 15 is 0 Å². The highest BCUT2D eigenvalue weighted by Crippen LogP contribution is 2.20. The molecule has 3 aromatic rings. The predicted molar refractivity (Wildman–Crippen MR) is 125 cm³/mol. The van der Waals surface area contributed by atoms with Crippen LogP contribution in [0.1, 0.15) is 48.7 Å². The lowest BCUT2D eigenvalue weighted by atomic mass is 10.0. The second kappa shape index (κ2) is 10.1. The minimum atomic E-state index is -0.688. The zero-order valence-electron chi connectivity index (χ0n) is 18.6. The first-order valence-corrected chi connectivity index (χ1v) is 10.7. The summed E-state index contributed by atoms with van der Waals surface area (Å²) in [6.45, 7) is 8.80. The van der Waals surface area contributed by atoms with Crippen LogP contribution in [0.15, 0.2) is 59.8 Å². The summed E-state index contributed by atoms with van der Waals surface area (Å²) in [4.78, 5) is 25.3. The first kappa shape index (κ1) is 22.3. The number of rotatable bonds is 8. The maximum absolute atomic E-state index is 12.7. The molecule has 0 aliphatic rings. The van der Waals surface area contributed by atoms with Crippen molar-refractivity contribution in [3.8, 4) is 0 Å². The summed E-state index contributed by atoms with van der Waals surface area (Å²) in [7, 11) is 0. The van der Waals surface area contributed by atoms with Crippen LogP contribution in [-0.2, 0) is 11.3 Å². The summed E-state index contributed by atoms with van der Waals surface area (Å²) >= 11 is 0. The number of carbonyl (C=O) groups excluding carboxylic acids is 2. The standard InChI is InChI=1S/C25H30N4O2/c1-5-14-29-16-20(21-8-6-7-9-22(21)29)15-26-28-25(31)23(17(2)3)27-24(30)19-12-10-18(4)11-13-19/h6-13,15-17,23H,5,14H2,1-4H3,(H,27,30)(H,28,31)/b26-15-. The molecule has 1 heterocycles. The number of aromatic nitrogens is 1. The van der Waals surface area contributed by atoms with Gasteiger partial charge in [-0.1, -0.05) is 56.7 Å². The molecule has 2 aromatic carbocycles. The third-order valence-corrected chi connectivity index (χ3v) is 5.21. The molecule has 0 spiro atoms. The summed E-state index contributed by atoms with van der Waals surface area (Å²) in [5.74, 6) is -0.708. The predicted octanol–water partition coefficient (Wildman–Crippen LogP) is 4.26. The fourth-order valence-corrected chi connectivity index (χ4v) is 3.50. The van der Waals surface area contributed by atoms with Crippen molar-refractivity contribution in [2.24, 2.45) is 11.0 Å². The third-order valence-electron chi connectivity index (χ3n) is 5.21. The number of para-hydroxylation sites is 1. The van der Waals surface area contributed by atoms with E-state index in [0.717, 1.165) is 35.0 Å². The second-order valence-corrected chi connectivity index (χ2v) is 8.09. The lowest BCUT2D eigenvalue weighted by Gasteiger charge is -2.20. The molecule has 1 atom stereocenters. The Morgan fingerprint density at radius 3 is 2.48 bits per heavy atom. The van der Waals surface area contributed by atoms with Crippen LogP contribution in [0.3, 0.4) is 0 Å². The summed E-state index contributed by atoms with van der Waals surface area (Å²) in [5.41, 5.74) is 6.27. The highest BCUT2D eigenvalue weighted by molar-refractivity contribution is 6.00. The Bertz CT molecular complexity index is 1080. The van der Waals surface area contributed by atoms with Gasteiger partial charge in [0.25, 0.3) is 11.8 Å². The van der Waals surface area contributed by atoms with Crippen molar-refractivity contribution in [1.29, 1.82) is 0 Å². The van der Waals surface area contributed by atoms with Gasteiger partial charge in [0, 0.05) is 34.8 Å². The van der Waals surface area contributed by atoms with E-state index in [2.05, 4.69) is 33.4 Å². The summed E-state index contributed by atoms with van der Waals surface area (Å²) in [6, 6.07) is 14.7. The SMILES string of the molecule is CCCn1cc(/C=N\NC(=O)C(NC(=O)c2ccc(C)cc2)C(C)C)c2ccccc21. The molecule has 0 bridgehead atoms. The molecule has 0 aliphatic carbocycles. The van der Waals surface area contributed by atoms with Gasteiger partial charge in [-0.3, -0.25) is 9.59 Å². The molecule has 0 radical (unpaired) electrons. The number of hydrazone groups is 1. The Balaban J connectivity index is 1.70. The molecular weight excluding hydrogens is 388 g/mol. The van der Waals surface area contributed by atoms with Gasteiger partial charge in [0.2, 0.25) is 0 Å². The first-order valence-electron chi connectivity index (χ1n) is 10.7. The van der Waals surface area contributed by atoms with Crippen molar-refractivity contribution >= 4 is 28.9 Å². The number of benzene rings is 2. The average molecular weight is 419 g/mol. The number of carbonyl (C=O) groups is 2. The molecule has 3 rings (SSSR count). The van der Waals surface area contributed by atoms with Gasteiger partial charge in [0.15, 0.2) is 0 Å². The van der Waals surface area contributed by atoms with Crippen molar-refractivity contribution in [2.45, 2.75) is 46.7 Å².